The molecule has 6 heteroatoms. The van der Waals surface area contributed by atoms with Gasteiger partial charge in [0, 0.05) is 11.3 Å². The number of thiocarbonyl (C=S) groups is 1. The molecule has 1 atom stereocenters. The number of nitrogens with two attached hydrogens (primary N) is 1. The van der Waals surface area contributed by atoms with E-state index in [1.54, 1.807) is 4.90 Å². The highest BCUT2D eigenvalue weighted by Gasteiger charge is 2.33. The van der Waals surface area contributed by atoms with E-state index in [1.165, 1.54) is 0 Å². The van der Waals surface area contributed by atoms with Crippen LogP contribution in [0.25, 0.3) is 0 Å². The van der Waals surface area contributed by atoms with E-state index in [4.69, 9.17) is 18.0 Å². The zero-order valence-corrected chi connectivity index (χ0v) is 12.3. The summed E-state index contributed by atoms with van der Waals surface area (Å²) in [6.07, 6.45) is 0.601. The van der Waals surface area contributed by atoms with E-state index in [2.05, 4.69) is 5.32 Å². The third-order valence-electron chi connectivity index (χ3n) is 3.37. The minimum absolute atomic E-state index is 0.128. The molecular weight excluding hydrogens is 274 g/mol. The lowest BCUT2D eigenvalue weighted by molar-refractivity contribution is -0.132. The molecule has 1 aliphatic rings. The second kappa shape index (κ2) is 5.58. The first-order chi connectivity index (χ1) is 9.43. The number of hydrogen-bond donors (Lipinski definition) is 2. The lowest BCUT2D eigenvalue weighted by Gasteiger charge is -2.36. The van der Waals surface area contributed by atoms with Crippen LogP contribution >= 0.6 is 12.2 Å². The molecule has 0 spiro atoms. The first-order valence-electron chi connectivity index (χ1n) is 6.44. The molecule has 1 aromatic rings. The monoisotopic (exact) mass is 291 g/mol. The number of carbonyl (C=O) groups excluding carboxylic acids is 2. The molecule has 5 nitrogen and oxygen atoms in total. The predicted octanol–water partition coefficient (Wildman–Crippen LogP) is 0.871. The number of nitrogens with one attached hydrogen (secondary N) is 1. The maximum absolute atomic E-state index is 11.9. The molecule has 2 amide bonds. The van der Waals surface area contributed by atoms with Crippen molar-refractivity contribution < 1.29 is 9.59 Å². The van der Waals surface area contributed by atoms with Gasteiger partial charge in [0.15, 0.2) is 0 Å². The Balaban J connectivity index is 2.52. The van der Waals surface area contributed by atoms with Gasteiger partial charge < -0.3 is 10.6 Å². The average Bonchev–Trinajstić information content (AvgIpc) is 2.37. The summed E-state index contributed by atoms with van der Waals surface area (Å²) in [5.41, 5.74) is 8.20. The van der Waals surface area contributed by atoms with Crippen LogP contribution in [0.15, 0.2) is 18.2 Å². The second-order valence-corrected chi connectivity index (χ2v) is 5.29. The average molecular weight is 291 g/mol. The molecule has 3 N–H and O–H groups in total. The molecule has 0 aromatic heterocycles. The van der Waals surface area contributed by atoms with Crippen molar-refractivity contribution >= 4 is 34.7 Å². The van der Waals surface area contributed by atoms with Crippen LogP contribution in [0.2, 0.25) is 0 Å². The molecule has 1 saturated heterocycles. The Kier molecular flexibility index (Phi) is 4.04. The number of carbonyl (C=O) groups is 2. The van der Waals surface area contributed by atoms with Gasteiger partial charge in [-0.15, -0.1) is 0 Å². The molecule has 1 fully saturated rings. The molecule has 106 valence electrons. The van der Waals surface area contributed by atoms with Gasteiger partial charge in [0.1, 0.15) is 11.0 Å². The summed E-state index contributed by atoms with van der Waals surface area (Å²) in [7, 11) is 0. The minimum Gasteiger partial charge on any atom is -0.389 e. The SMILES string of the molecule is CCC1C(=O)NC(=O)CN1c1cc(C)ccc1C(N)=S. The van der Waals surface area contributed by atoms with Gasteiger partial charge in [-0.1, -0.05) is 25.2 Å². The van der Waals surface area contributed by atoms with Crippen molar-refractivity contribution in [2.45, 2.75) is 26.3 Å². The first-order valence-corrected chi connectivity index (χ1v) is 6.85. The molecule has 1 aliphatic heterocycles. The summed E-state index contributed by atoms with van der Waals surface area (Å²) in [5, 5.41) is 2.36. The van der Waals surface area contributed by atoms with E-state index in [9.17, 15) is 9.59 Å². The van der Waals surface area contributed by atoms with Crippen LogP contribution in [0.5, 0.6) is 0 Å². The number of piperazine rings is 1. The molecule has 1 aromatic carbocycles. The van der Waals surface area contributed by atoms with Gasteiger partial charge in [0.05, 0.1) is 6.54 Å². The zero-order valence-electron chi connectivity index (χ0n) is 11.5. The standard InChI is InChI=1S/C14H17N3O2S/c1-3-10-14(19)16-12(18)7-17(10)11-6-8(2)4-5-9(11)13(15)20/h4-6,10H,3,7H2,1-2H3,(H2,15,20)(H,16,18,19). The van der Waals surface area contributed by atoms with Gasteiger partial charge in [0.2, 0.25) is 11.8 Å². The van der Waals surface area contributed by atoms with Crippen LogP contribution in [0.3, 0.4) is 0 Å². The van der Waals surface area contributed by atoms with Crippen LogP contribution in [0, 0.1) is 6.92 Å². The van der Waals surface area contributed by atoms with Crippen molar-refractivity contribution in [3.8, 4) is 0 Å². The van der Waals surface area contributed by atoms with Crippen molar-refractivity contribution in [2.24, 2.45) is 5.73 Å². The Hall–Kier alpha value is -1.95. The molecule has 0 saturated carbocycles. The van der Waals surface area contributed by atoms with Crippen LogP contribution in [0.4, 0.5) is 5.69 Å². The fourth-order valence-electron chi connectivity index (χ4n) is 2.41. The van der Waals surface area contributed by atoms with E-state index in [-0.39, 0.29) is 29.4 Å². The van der Waals surface area contributed by atoms with E-state index in [0.29, 0.717) is 12.0 Å². The maximum Gasteiger partial charge on any atom is 0.249 e. The van der Waals surface area contributed by atoms with Crippen molar-refractivity contribution in [1.82, 2.24) is 5.32 Å². The number of imide groups is 1. The highest BCUT2D eigenvalue weighted by atomic mass is 32.1. The van der Waals surface area contributed by atoms with E-state index >= 15 is 0 Å². The zero-order chi connectivity index (χ0) is 14.9. The number of nitrogens with zero attached hydrogens (tertiary/aromatic N) is 1. The number of rotatable bonds is 3. The highest BCUT2D eigenvalue weighted by molar-refractivity contribution is 7.80. The van der Waals surface area contributed by atoms with Crippen LogP contribution in [-0.2, 0) is 9.59 Å². The topological polar surface area (TPSA) is 75.4 Å². The normalized spacial score (nSPS) is 18.9. The molecule has 0 radical (unpaired) electrons. The third kappa shape index (κ3) is 2.65. The molecule has 2 rings (SSSR count). The fourth-order valence-corrected chi connectivity index (χ4v) is 2.59. The van der Waals surface area contributed by atoms with Crippen LogP contribution in [-0.4, -0.2) is 29.4 Å². The predicted molar refractivity (Wildman–Crippen MR) is 81.6 cm³/mol. The summed E-state index contributed by atoms with van der Waals surface area (Å²) in [5.74, 6) is -0.589. The Morgan fingerprint density at radius 1 is 1.50 bits per heavy atom. The fraction of sp³-hybridized carbons (Fsp3) is 0.357. The minimum atomic E-state index is -0.386. The van der Waals surface area contributed by atoms with E-state index in [1.807, 2.05) is 32.0 Å². The number of anilines is 1. The number of hydrogen-bond acceptors (Lipinski definition) is 4. The van der Waals surface area contributed by atoms with Gasteiger partial charge in [-0.3, -0.25) is 14.9 Å². The third-order valence-corrected chi connectivity index (χ3v) is 3.59. The van der Waals surface area contributed by atoms with Crippen molar-refractivity contribution in [3.63, 3.8) is 0 Å². The lowest BCUT2D eigenvalue weighted by Crippen LogP contribution is -2.58. The summed E-state index contributed by atoms with van der Waals surface area (Å²) >= 11 is 5.06. The smallest absolute Gasteiger partial charge is 0.249 e. The summed E-state index contributed by atoms with van der Waals surface area (Å²) in [4.78, 5) is 25.6. The quantitative estimate of drug-likeness (QED) is 0.638. The Morgan fingerprint density at radius 3 is 2.80 bits per heavy atom. The lowest BCUT2D eigenvalue weighted by atomic mass is 10.0. The van der Waals surface area contributed by atoms with Gasteiger partial charge in [-0.2, -0.15) is 0 Å². The van der Waals surface area contributed by atoms with Crippen molar-refractivity contribution in [3.05, 3.63) is 29.3 Å². The summed E-state index contributed by atoms with van der Waals surface area (Å²) < 4.78 is 0. The molecule has 0 aliphatic carbocycles. The molecular formula is C14H17N3O2S. The Labute approximate surface area is 123 Å². The largest absolute Gasteiger partial charge is 0.389 e. The summed E-state index contributed by atoms with van der Waals surface area (Å²) in [6.45, 7) is 3.98. The van der Waals surface area contributed by atoms with E-state index in [0.717, 1.165) is 11.3 Å². The van der Waals surface area contributed by atoms with Gasteiger partial charge >= 0.3 is 0 Å². The highest BCUT2D eigenvalue weighted by Crippen LogP contribution is 2.26. The summed E-state index contributed by atoms with van der Waals surface area (Å²) in [6, 6.07) is 5.26. The molecule has 20 heavy (non-hydrogen) atoms. The Morgan fingerprint density at radius 2 is 2.20 bits per heavy atom. The van der Waals surface area contributed by atoms with Crippen molar-refractivity contribution in [2.75, 3.05) is 11.4 Å². The number of aryl methyl sites for hydroxylation is 1. The van der Waals surface area contributed by atoms with Gasteiger partial charge in [0.25, 0.3) is 0 Å². The number of amides is 2. The molecule has 1 unspecified atom stereocenters. The molecule has 1 heterocycles. The van der Waals surface area contributed by atoms with Crippen LogP contribution in [0.1, 0.15) is 24.5 Å². The van der Waals surface area contributed by atoms with Gasteiger partial charge in [-0.05, 0) is 31.0 Å². The van der Waals surface area contributed by atoms with Gasteiger partial charge in [-0.25, -0.2) is 0 Å². The van der Waals surface area contributed by atoms with Crippen molar-refractivity contribution in [1.29, 1.82) is 0 Å². The van der Waals surface area contributed by atoms with Crippen LogP contribution < -0.4 is 16.0 Å². The van der Waals surface area contributed by atoms with E-state index < -0.39 is 0 Å². The second-order valence-electron chi connectivity index (χ2n) is 4.85. The first kappa shape index (κ1) is 14.5. The molecule has 0 bridgehead atoms. The maximum atomic E-state index is 11.9. The Bertz CT molecular complexity index is 586. The number of benzene rings is 1.